The summed E-state index contributed by atoms with van der Waals surface area (Å²) >= 11 is 5.77. The van der Waals surface area contributed by atoms with Gasteiger partial charge < -0.3 is 4.90 Å². The molecule has 0 heterocycles. The number of hydrogen-bond donors (Lipinski definition) is 0. The molecule has 2 rings (SSSR count). The lowest BCUT2D eigenvalue weighted by Crippen LogP contribution is -2.43. The predicted molar refractivity (Wildman–Crippen MR) is 84.1 cm³/mol. The molecule has 1 unspecified atom stereocenters. The molecule has 0 fully saturated rings. The largest absolute Gasteiger partial charge is 0.340 e. The molecule has 0 saturated carbocycles. The summed E-state index contributed by atoms with van der Waals surface area (Å²) in [5.74, 6) is 1.06. The topological polar surface area (TPSA) is 20.3 Å². The molecule has 0 spiro atoms. The lowest BCUT2D eigenvalue weighted by molar-refractivity contribution is -0.137. The first-order valence-corrected chi connectivity index (χ1v) is 8.10. The van der Waals surface area contributed by atoms with Crippen LogP contribution in [-0.4, -0.2) is 29.3 Å². The van der Waals surface area contributed by atoms with Crippen molar-refractivity contribution in [3.05, 3.63) is 35.4 Å². The number of alkyl halides is 1. The highest BCUT2D eigenvalue weighted by atomic mass is 35.5. The van der Waals surface area contributed by atoms with E-state index >= 15 is 0 Å². The van der Waals surface area contributed by atoms with Crippen LogP contribution < -0.4 is 0 Å². The summed E-state index contributed by atoms with van der Waals surface area (Å²) < 4.78 is 0. The molecule has 0 saturated heterocycles. The number of aryl methyl sites for hydroxylation is 1. The van der Waals surface area contributed by atoms with Crippen molar-refractivity contribution in [2.24, 2.45) is 5.92 Å². The van der Waals surface area contributed by atoms with Crippen molar-refractivity contribution in [3.8, 4) is 0 Å². The molecule has 0 aliphatic heterocycles. The van der Waals surface area contributed by atoms with E-state index < -0.39 is 0 Å². The summed E-state index contributed by atoms with van der Waals surface area (Å²) in [6.07, 6.45) is 3.75. The van der Waals surface area contributed by atoms with Gasteiger partial charge in [-0.25, -0.2) is 0 Å². The van der Waals surface area contributed by atoms with E-state index in [1.807, 2.05) is 4.90 Å². The van der Waals surface area contributed by atoms with Crippen LogP contribution in [0.15, 0.2) is 24.3 Å². The minimum Gasteiger partial charge on any atom is -0.340 e. The monoisotopic (exact) mass is 293 g/mol. The number of carbonyl (C=O) groups is 1. The first kappa shape index (κ1) is 15.4. The Balaban J connectivity index is 2.06. The van der Waals surface area contributed by atoms with E-state index in [9.17, 15) is 4.79 Å². The van der Waals surface area contributed by atoms with Gasteiger partial charge in [0.25, 0.3) is 0 Å². The van der Waals surface area contributed by atoms with Crippen LogP contribution in [0, 0.1) is 5.92 Å². The molecule has 0 aromatic heterocycles. The molecule has 3 heteroatoms. The highest BCUT2D eigenvalue weighted by molar-refractivity contribution is 6.17. The van der Waals surface area contributed by atoms with Crippen LogP contribution in [-0.2, 0) is 17.6 Å². The third-order valence-corrected chi connectivity index (χ3v) is 4.40. The van der Waals surface area contributed by atoms with Gasteiger partial charge in [0.2, 0.25) is 5.91 Å². The SMILES string of the molecule is CC(C)N(CCCCl)C(=O)C1CCc2ccccc2C1. The maximum Gasteiger partial charge on any atom is 0.226 e. The second kappa shape index (κ2) is 7.12. The third kappa shape index (κ3) is 3.54. The number of fused-ring (bicyclic) bond motifs is 1. The summed E-state index contributed by atoms with van der Waals surface area (Å²) in [4.78, 5) is 14.7. The molecule has 20 heavy (non-hydrogen) atoms. The molecule has 1 aliphatic rings. The van der Waals surface area contributed by atoms with Gasteiger partial charge in [0.1, 0.15) is 0 Å². The fraction of sp³-hybridized carbons (Fsp3) is 0.588. The molecule has 1 aromatic rings. The zero-order valence-electron chi connectivity index (χ0n) is 12.4. The van der Waals surface area contributed by atoms with Crippen molar-refractivity contribution < 1.29 is 4.79 Å². The Morgan fingerprint density at radius 2 is 2.05 bits per heavy atom. The van der Waals surface area contributed by atoms with Crippen LogP contribution in [0.5, 0.6) is 0 Å². The van der Waals surface area contributed by atoms with Crippen molar-refractivity contribution in [2.75, 3.05) is 12.4 Å². The van der Waals surface area contributed by atoms with Gasteiger partial charge in [-0.05, 0) is 50.7 Å². The lowest BCUT2D eigenvalue weighted by atomic mass is 9.83. The van der Waals surface area contributed by atoms with Crippen molar-refractivity contribution in [1.29, 1.82) is 0 Å². The minimum absolute atomic E-state index is 0.141. The highest BCUT2D eigenvalue weighted by Gasteiger charge is 2.29. The Morgan fingerprint density at radius 1 is 1.35 bits per heavy atom. The average molecular weight is 294 g/mol. The first-order chi connectivity index (χ1) is 9.63. The number of benzene rings is 1. The maximum absolute atomic E-state index is 12.7. The zero-order valence-corrected chi connectivity index (χ0v) is 13.2. The van der Waals surface area contributed by atoms with Gasteiger partial charge in [-0.1, -0.05) is 24.3 Å². The number of hydrogen-bond acceptors (Lipinski definition) is 1. The van der Waals surface area contributed by atoms with Gasteiger partial charge >= 0.3 is 0 Å². The molecular formula is C17H24ClNO. The van der Waals surface area contributed by atoms with Gasteiger partial charge in [-0.15, -0.1) is 11.6 Å². The Bertz CT molecular complexity index is 458. The van der Waals surface area contributed by atoms with E-state index in [1.54, 1.807) is 0 Å². The van der Waals surface area contributed by atoms with E-state index in [4.69, 9.17) is 11.6 Å². The average Bonchev–Trinajstić information content (AvgIpc) is 2.46. The van der Waals surface area contributed by atoms with E-state index in [2.05, 4.69) is 38.1 Å². The molecule has 1 atom stereocenters. The molecule has 110 valence electrons. The predicted octanol–water partition coefficient (Wildman–Crippen LogP) is 3.66. The Morgan fingerprint density at radius 3 is 2.70 bits per heavy atom. The van der Waals surface area contributed by atoms with Crippen LogP contribution >= 0.6 is 11.6 Å². The Labute approximate surface area is 127 Å². The van der Waals surface area contributed by atoms with Crippen molar-refractivity contribution >= 4 is 17.5 Å². The van der Waals surface area contributed by atoms with Gasteiger partial charge in [-0.3, -0.25) is 4.79 Å². The third-order valence-electron chi connectivity index (χ3n) is 4.14. The number of halogens is 1. The second-order valence-electron chi connectivity index (χ2n) is 5.88. The fourth-order valence-corrected chi connectivity index (χ4v) is 3.12. The van der Waals surface area contributed by atoms with Crippen molar-refractivity contribution in [3.63, 3.8) is 0 Å². The summed E-state index contributed by atoms with van der Waals surface area (Å²) in [5.41, 5.74) is 2.76. The molecule has 1 aliphatic carbocycles. The quantitative estimate of drug-likeness (QED) is 0.759. The van der Waals surface area contributed by atoms with Crippen LogP contribution in [0.2, 0.25) is 0 Å². The summed E-state index contributed by atoms with van der Waals surface area (Å²) in [6.45, 7) is 4.95. The molecule has 2 nitrogen and oxygen atoms in total. The molecular weight excluding hydrogens is 270 g/mol. The Kier molecular flexibility index (Phi) is 5.47. The lowest BCUT2D eigenvalue weighted by Gasteiger charge is -2.32. The molecule has 1 aromatic carbocycles. The molecule has 1 amide bonds. The normalized spacial score (nSPS) is 17.9. The minimum atomic E-state index is 0.141. The molecule has 0 radical (unpaired) electrons. The van der Waals surface area contributed by atoms with Crippen LogP contribution in [0.1, 0.15) is 37.8 Å². The first-order valence-electron chi connectivity index (χ1n) is 7.56. The van der Waals surface area contributed by atoms with Gasteiger partial charge in [0, 0.05) is 24.4 Å². The summed E-state index contributed by atoms with van der Waals surface area (Å²) in [5, 5.41) is 0. The van der Waals surface area contributed by atoms with E-state index in [0.717, 1.165) is 32.2 Å². The smallest absolute Gasteiger partial charge is 0.226 e. The van der Waals surface area contributed by atoms with Crippen LogP contribution in [0.25, 0.3) is 0 Å². The van der Waals surface area contributed by atoms with Crippen molar-refractivity contribution in [1.82, 2.24) is 4.90 Å². The van der Waals surface area contributed by atoms with E-state index in [1.165, 1.54) is 11.1 Å². The van der Waals surface area contributed by atoms with Gasteiger partial charge in [0.05, 0.1) is 0 Å². The van der Waals surface area contributed by atoms with Crippen LogP contribution in [0.4, 0.5) is 0 Å². The number of amides is 1. The standard InChI is InChI=1S/C17H24ClNO/c1-13(2)19(11-5-10-18)17(20)16-9-8-14-6-3-4-7-15(14)12-16/h3-4,6-7,13,16H,5,8-12H2,1-2H3. The maximum atomic E-state index is 12.7. The number of nitrogens with zero attached hydrogens (tertiary/aromatic N) is 1. The van der Waals surface area contributed by atoms with Gasteiger partial charge in [0.15, 0.2) is 0 Å². The fourth-order valence-electron chi connectivity index (χ4n) is 3.00. The van der Waals surface area contributed by atoms with Gasteiger partial charge in [-0.2, -0.15) is 0 Å². The van der Waals surface area contributed by atoms with Crippen LogP contribution in [0.3, 0.4) is 0 Å². The highest BCUT2D eigenvalue weighted by Crippen LogP contribution is 2.27. The number of carbonyl (C=O) groups excluding carboxylic acids is 1. The van der Waals surface area contributed by atoms with E-state index in [0.29, 0.717) is 11.8 Å². The molecule has 0 N–H and O–H groups in total. The summed E-state index contributed by atoms with van der Waals surface area (Å²) in [6, 6.07) is 8.75. The zero-order chi connectivity index (χ0) is 14.5. The summed E-state index contributed by atoms with van der Waals surface area (Å²) in [7, 11) is 0. The Hall–Kier alpha value is -1.02. The molecule has 0 bridgehead atoms. The van der Waals surface area contributed by atoms with E-state index in [-0.39, 0.29) is 12.0 Å². The van der Waals surface area contributed by atoms with Crippen molar-refractivity contribution in [2.45, 2.75) is 45.6 Å². The number of rotatable bonds is 5. The second-order valence-corrected chi connectivity index (χ2v) is 6.25.